The van der Waals surface area contributed by atoms with Crippen molar-refractivity contribution >= 4 is 26.4 Å². The molecule has 0 aliphatic rings. The van der Waals surface area contributed by atoms with E-state index in [1.165, 1.54) is 5.56 Å². The first-order valence-electron chi connectivity index (χ1n) is 3.38. The number of benzene rings is 1. The van der Waals surface area contributed by atoms with Crippen LogP contribution in [0.2, 0.25) is 0 Å². The van der Waals surface area contributed by atoms with E-state index in [0.29, 0.717) is 0 Å². The maximum absolute atomic E-state index is 11.0. The van der Waals surface area contributed by atoms with Crippen LogP contribution in [0.3, 0.4) is 0 Å². The summed E-state index contributed by atoms with van der Waals surface area (Å²) in [4.78, 5) is 11.0. The Balaban J connectivity index is 3.20. The van der Waals surface area contributed by atoms with E-state index in [2.05, 4.69) is 0 Å². The van der Waals surface area contributed by atoms with Crippen LogP contribution in [-0.2, 0) is 0 Å². The molecule has 0 aliphatic carbocycles. The van der Waals surface area contributed by atoms with Crippen molar-refractivity contribution in [2.45, 2.75) is 13.8 Å². The maximum atomic E-state index is 11.0. The van der Waals surface area contributed by atoms with Gasteiger partial charge in [-0.05, 0) is 19.4 Å². The lowest BCUT2D eigenvalue weighted by molar-refractivity contribution is 0.110. The molecular formula is C9H9IO. The average molecular weight is 260 g/mol. The summed E-state index contributed by atoms with van der Waals surface area (Å²) in [5.74, 6) is 0. The van der Waals surface area contributed by atoms with Gasteiger partial charge in [-0.2, -0.15) is 0 Å². The topological polar surface area (TPSA) is 17.1 Å². The lowest BCUT2D eigenvalue weighted by atomic mass is 10.1. The van der Waals surface area contributed by atoms with E-state index in [9.17, 15) is 4.79 Å². The molecule has 0 unspecified atom stereocenters. The van der Waals surface area contributed by atoms with Gasteiger partial charge in [-0.3, -0.25) is 4.79 Å². The highest BCUT2D eigenvalue weighted by molar-refractivity contribution is 14.1. The Labute approximate surface area is 79.9 Å². The molecule has 1 aromatic carbocycles. The maximum Gasteiger partial charge on any atom is 0.222 e. The first-order valence-corrected chi connectivity index (χ1v) is 4.46. The van der Waals surface area contributed by atoms with Crippen LogP contribution in [0.4, 0.5) is 0 Å². The smallest absolute Gasteiger partial charge is 0.222 e. The van der Waals surface area contributed by atoms with E-state index in [-0.39, 0.29) is 3.79 Å². The summed E-state index contributed by atoms with van der Waals surface area (Å²) >= 11 is 1.81. The normalized spacial score (nSPS) is 9.73. The molecular weight excluding hydrogens is 251 g/mol. The quantitative estimate of drug-likeness (QED) is 0.560. The number of carbonyl (C=O) groups is 1. The van der Waals surface area contributed by atoms with Crippen LogP contribution in [0.25, 0.3) is 0 Å². The van der Waals surface area contributed by atoms with Crippen LogP contribution in [0.1, 0.15) is 21.5 Å². The number of rotatable bonds is 1. The zero-order chi connectivity index (χ0) is 8.43. The van der Waals surface area contributed by atoms with Gasteiger partial charge in [-0.15, -0.1) is 0 Å². The molecule has 0 N–H and O–H groups in total. The summed E-state index contributed by atoms with van der Waals surface area (Å²) in [6.07, 6.45) is 0. The minimum Gasteiger partial charge on any atom is -0.282 e. The molecule has 1 rings (SSSR count). The molecule has 0 radical (unpaired) electrons. The van der Waals surface area contributed by atoms with Crippen LogP contribution < -0.4 is 0 Å². The Bertz CT molecular complexity index is 292. The highest BCUT2D eigenvalue weighted by atomic mass is 127. The highest BCUT2D eigenvalue weighted by Gasteiger charge is 2.03. The van der Waals surface area contributed by atoms with Crippen molar-refractivity contribution in [3.63, 3.8) is 0 Å². The second kappa shape index (κ2) is 3.34. The summed E-state index contributed by atoms with van der Waals surface area (Å²) < 4.78 is 0.111. The van der Waals surface area contributed by atoms with Gasteiger partial charge in [0.15, 0.2) is 0 Å². The fourth-order valence-corrected chi connectivity index (χ4v) is 1.64. The van der Waals surface area contributed by atoms with Crippen molar-refractivity contribution in [1.29, 1.82) is 0 Å². The van der Waals surface area contributed by atoms with Gasteiger partial charge in [-0.25, -0.2) is 0 Å². The summed E-state index contributed by atoms with van der Waals surface area (Å²) in [5, 5.41) is 0. The minimum absolute atomic E-state index is 0.111. The van der Waals surface area contributed by atoms with E-state index in [0.717, 1.165) is 11.1 Å². The standard InChI is InChI=1S/C9H9IO/c1-6-3-4-8(9(10)11)7(2)5-6/h3-5H,1-2H3. The van der Waals surface area contributed by atoms with Crippen molar-refractivity contribution in [3.05, 3.63) is 34.9 Å². The third-order valence-corrected chi connectivity index (χ3v) is 2.17. The van der Waals surface area contributed by atoms with Crippen LogP contribution in [0.15, 0.2) is 18.2 Å². The number of hydrogen-bond acceptors (Lipinski definition) is 1. The molecule has 11 heavy (non-hydrogen) atoms. The molecule has 0 saturated carbocycles. The summed E-state index contributed by atoms with van der Waals surface area (Å²) in [6, 6.07) is 5.85. The van der Waals surface area contributed by atoms with E-state index in [1.807, 2.05) is 32.0 Å². The fourth-order valence-electron chi connectivity index (χ4n) is 1.03. The molecule has 0 heterocycles. The largest absolute Gasteiger partial charge is 0.282 e. The summed E-state index contributed by atoms with van der Waals surface area (Å²) in [7, 11) is 0. The number of halogens is 1. The Morgan fingerprint density at radius 1 is 1.36 bits per heavy atom. The van der Waals surface area contributed by atoms with Crippen LogP contribution in [0, 0.1) is 13.8 Å². The highest BCUT2D eigenvalue weighted by Crippen LogP contribution is 2.13. The predicted molar refractivity (Wildman–Crippen MR) is 54.3 cm³/mol. The molecule has 1 aromatic rings. The van der Waals surface area contributed by atoms with Crippen LogP contribution in [-0.4, -0.2) is 3.79 Å². The summed E-state index contributed by atoms with van der Waals surface area (Å²) in [6.45, 7) is 3.98. The Morgan fingerprint density at radius 3 is 2.45 bits per heavy atom. The molecule has 2 heteroatoms. The van der Waals surface area contributed by atoms with Crippen molar-refractivity contribution < 1.29 is 4.79 Å². The van der Waals surface area contributed by atoms with Gasteiger partial charge in [0.25, 0.3) is 0 Å². The predicted octanol–water partition coefficient (Wildman–Crippen LogP) is 2.88. The molecule has 0 aromatic heterocycles. The number of hydrogen-bond donors (Lipinski definition) is 0. The zero-order valence-electron chi connectivity index (χ0n) is 6.52. The molecule has 0 atom stereocenters. The Kier molecular flexibility index (Phi) is 2.65. The SMILES string of the molecule is Cc1ccc(C(=O)I)c(C)c1. The molecule has 0 amide bonds. The van der Waals surface area contributed by atoms with E-state index < -0.39 is 0 Å². The molecule has 58 valence electrons. The second-order valence-corrected chi connectivity index (χ2v) is 3.57. The van der Waals surface area contributed by atoms with Crippen molar-refractivity contribution in [2.24, 2.45) is 0 Å². The van der Waals surface area contributed by atoms with Crippen molar-refractivity contribution in [2.75, 3.05) is 0 Å². The van der Waals surface area contributed by atoms with E-state index >= 15 is 0 Å². The number of carbonyl (C=O) groups excluding carboxylic acids is 1. The lowest BCUT2D eigenvalue weighted by Gasteiger charge is -2.00. The van der Waals surface area contributed by atoms with Gasteiger partial charge in [0.05, 0.1) is 0 Å². The van der Waals surface area contributed by atoms with Gasteiger partial charge in [-0.1, -0.05) is 23.8 Å². The third-order valence-electron chi connectivity index (χ3n) is 1.59. The monoisotopic (exact) mass is 260 g/mol. The van der Waals surface area contributed by atoms with E-state index in [1.54, 1.807) is 22.6 Å². The molecule has 0 saturated heterocycles. The van der Waals surface area contributed by atoms with Gasteiger partial charge in [0, 0.05) is 28.2 Å². The fraction of sp³-hybridized carbons (Fsp3) is 0.222. The van der Waals surface area contributed by atoms with Gasteiger partial charge in [0.2, 0.25) is 3.79 Å². The second-order valence-electron chi connectivity index (χ2n) is 2.59. The van der Waals surface area contributed by atoms with Crippen molar-refractivity contribution in [1.82, 2.24) is 0 Å². The first kappa shape index (κ1) is 8.71. The van der Waals surface area contributed by atoms with Gasteiger partial charge in [0.1, 0.15) is 0 Å². The van der Waals surface area contributed by atoms with Crippen LogP contribution >= 0.6 is 22.6 Å². The Morgan fingerprint density at radius 2 is 2.00 bits per heavy atom. The third kappa shape index (κ3) is 2.02. The molecule has 0 aliphatic heterocycles. The van der Waals surface area contributed by atoms with Gasteiger partial charge < -0.3 is 0 Å². The molecule has 0 spiro atoms. The molecule has 0 bridgehead atoms. The average Bonchev–Trinajstić information content (AvgIpc) is 1.85. The van der Waals surface area contributed by atoms with Crippen LogP contribution in [0.5, 0.6) is 0 Å². The number of aryl methyl sites for hydroxylation is 2. The summed E-state index contributed by atoms with van der Waals surface area (Å²) in [5.41, 5.74) is 3.07. The first-order chi connectivity index (χ1) is 5.11. The molecule has 0 fully saturated rings. The van der Waals surface area contributed by atoms with Gasteiger partial charge >= 0.3 is 0 Å². The minimum atomic E-state index is 0.111. The van der Waals surface area contributed by atoms with E-state index in [4.69, 9.17) is 0 Å². The lowest BCUT2D eigenvalue weighted by Crippen LogP contribution is -1.92. The Hall–Kier alpha value is -0.380. The molecule has 1 nitrogen and oxygen atoms in total. The zero-order valence-corrected chi connectivity index (χ0v) is 8.68. The van der Waals surface area contributed by atoms with Crippen molar-refractivity contribution in [3.8, 4) is 0 Å².